The highest BCUT2D eigenvalue weighted by Crippen LogP contribution is 2.58. The fourth-order valence-corrected chi connectivity index (χ4v) is 7.63. The Morgan fingerprint density at radius 1 is 0.944 bits per heavy atom. The fraction of sp³-hybridized carbons (Fsp3) is 0.588. The van der Waals surface area contributed by atoms with Crippen molar-refractivity contribution in [3.05, 3.63) is 41.0 Å². The second-order valence-electron chi connectivity index (χ2n) is 13.7. The van der Waals surface area contributed by atoms with Crippen molar-refractivity contribution in [2.45, 2.75) is 75.8 Å². The Balaban J connectivity index is 0.000000561. The lowest BCUT2D eigenvalue weighted by molar-refractivity contribution is -0.364. The summed E-state index contributed by atoms with van der Waals surface area (Å²) in [5.74, 6) is -3.16. The predicted octanol–water partition coefficient (Wildman–Crippen LogP) is 1.16. The Bertz CT molecular complexity index is 1740. The van der Waals surface area contributed by atoms with Crippen LogP contribution in [0, 0.1) is 17.8 Å². The number of fused-ring (bicyclic) bond motifs is 4. The molecule has 0 amide bonds. The summed E-state index contributed by atoms with van der Waals surface area (Å²) < 4.78 is 68.1. The van der Waals surface area contributed by atoms with Gasteiger partial charge in [-0.2, -0.15) is 0 Å². The Kier molecular flexibility index (Phi) is 11.7. The number of nitrogens with two attached hydrogens (primary N) is 1. The van der Waals surface area contributed by atoms with E-state index in [1.807, 2.05) is 0 Å². The van der Waals surface area contributed by atoms with Crippen LogP contribution in [0.1, 0.15) is 49.5 Å². The van der Waals surface area contributed by atoms with Gasteiger partial charge in [-0.1, -0.05) is 13.8 Å². The number of hydrogen-bond acceptors (Lipinski definition) is 16. The molecule has 7 rings (SSSR count). The van der Waals surface area contributed by atoms with Crippen LogP contribution in [0.15, 0.2) is 24.3 Å². The van der Waals surface area contributed by atoms with Crippen LogP contribution in [0.4, 0.5) is 0 Å². The van der Waals surface area contributed by atoms with Gasteiger partial charge in [-0.3, -0.25) is 19.4 Å². The lowest BCUT2D eigenvalue weighted by atomic mass is 9.66. The third-order valence-electron chi connectivity index (χ3n) is 9.94. The number of hydrogen-bond donors (Lipinski definition) is 6. The molecule has 11 atom stereocenters. The number of esters is 1. The second kappa shape index (κ2) is 15.8. The molecule has 0 bridgehead atoms. The lowest BCUT2D eigenvalue weighted by Gasteiger charge is -2.47. The average Bonchev–Trinajstić information content (AvgIpc) is 3.75. The highest BCUT2D eigenvalue weighted by atomic mass is 31.2. The van der Waals surface area contributed by atoms with Crippen molar-refractivity contribution < 1.29 is 86.4 Å². The van der Waals surface area contributed by atoms with Gasteiger partial charge in [0.05, 0.1) is 39.5 Å². The molecule has 0 aromatic heterocycles. The maximum Gasteiger partial charge on any atom is 0.525 e. The van der Waals surface area contributed by atoms with Crippen LogP contribution in [0.25, 0.3) is 0 Å². The molecule has 0 spiro atoms. The zero-order valence-corrected chi connectivity index (χ0v) is 30.8. The van der Waals surface area contributed by atoms with Crippen LogP contribution in [0.5, 0.6) is 28.7 Å². The number of phosphoric acid groups is 1. The molecule has 2 aromatic rings. The van der Waals surface area contributed by atoms with Crippen molar-refractivity contribution in [3.63, 3.8) is 0 Å². The van der Waals surface area contributed by atoms with Gasteiger partial charge in [0.1, 0.15) is 30.5 Å². The molecule has 0 saturated carbocycles. The van der Waals surface area contributed by atoms with Gasteiger partial charge < -0.3 is 68.2 Å². The molecule has 4 heterocycles. The topological polar surface area (TPSA) is 271 Å². The first-order chi connectivity index (χ1) is 25.5. The van der Waals surface area contributed by atoms with Crippen LogP contribution in [0.3, 0.4) is 0 Å². The van der Waals surface area contributed by atoms with Crippen molar-refractivity contribution in [2.75, 3.05) is 34.2 Å². The van der Waals surface area contributed by atoms with Gasteiger partial charge >= 0.3 is 19.8 Å². The van der Waals surface area contributed by atoms with Gasteiger partial charge in [0, 0.05) is 11.8 Å². The van der Waals surface area contributed by atoms with E-state index in [-0.39, 0.29) is 43.2 Å². The number of aliphatic carboxylic acids is 1. The number of carboxylic acid groups (broad SMARTS) is 1. The second-order valence-corrected chi connectivity index (χ2v) is 14.8. The number of carbonyl (C=O) groups excluding carboxylic acids is 1. The summed E-state index contributed by atoms with van der Waals surface area (Å²) in [7, 11) is -2.40. The first kappa shape index (κ1) is 39.9. The van der Waals surface area contributed by atoms with E-state index < -0.39 is 86.7 Å². The summed E-state index contributed by atoms with van der Waals surface area (Å²) in [6.07, 6.45) is -7.18. The summed E-state index contributed by atoms with van der Waals surface area (Å²) in [5, 5.41) is 30.2. The molecule has 2 aromatic carbocycles. The number of methoxy groups -OCH3 is 2. The largest absolute Gasteiger partial charge is 0.525 e. The van der Waals surface area contributed by atoms with E-state index in [1.165, 1.54) is 26.4 Å². The lowest BCUT2D eigenvalue weighted by Crippen LogP contribution is -2.63. The molecule has 2 unspecified atom stereocenters. The van der Waals surface area contributed by atoms with Crippen LogP contribution < -0.4 is 29.2 Å². The highest BCUT2D eigenvalue weighted by Gasteiger charge is 2.56. The van der Waals surface area contributed by atoms with Gasteiger partial charge in [0.25, 0.3) is 0 Å². The molecule has 20 heteroatoms. The number of phosphoric ester groups is 1. The maximum atomic E-state index is 13.5. The minimum atomic E-state index is -5.00. The average molecular weight is 786 g/mol. The van der Waals surface area contributed by atoms with E-state index in [0.29, 0.717) is 28.2 Å². The number of aliphatic hydroxyl groups excluding tert-OH is 2. The Morgan fingerprint density at radius 3 is 2.13 bits per heavy atom. The van der Waals surface area contributed by atoms with E-state index in [4.69, 9.17) is 58.0 Å². The van der Waals surface area contributed by atoms with Crippen molar-refractivity contribution in [1.82, 2.24) is 0 Å². The van der Waals surface area contributed by atoms with Crippen molar-refractivity contribution in [2.24, 2.45) is 23.5 Å². The standard InChI is InChI=1S/C29H33O16P.C5H11NO2/c1-11-38-9-20-27(42-11)23(30)24(31)29(43-20)44-25-14-7-17-16(40-10-41-17)6-13(14)21(22-15(25)8-39-28(22)32)12-4-18(36-2)26(19(5-12)37-3)45-46(33,34)35;1-3(2)4(6)5(7)8/h4-7,11,15,20-25,27,29-31H,8-10H2,1-3H3,(H2,33,34,35);3-4H,6H2,1-2H3,(H,7,8)/t11-,15?,20-,21-,22+,23-,24-,25?,27-,29+;4-/m10/s1. The zero-order valence-electron chi connectivity index (χ0n) is 29.9. The Hall–Kier alpha value is -3.75. The van der Waals surface area contributed by atoms with E-state index in [0.717, 1.165) is 0 Å². The molecule has 298 valence electrons. The number of cyclic esters (lactones) is 1. The van der Waals surface area contributed by atoms with Crippen LogP contribution in [-0.4, -0.2) is 114 Å². The van der Waals surface area contributed by atoms with Gasteiger partial charge in [-0.05, 0) is 53.8 Å². The molecule has 4 aliphatic heterocycles. The molecule has 3 saturated heterocycles. The highest BCUT2D eigenvalue weighted by molar-refractivity contribution is 7.46. The van der Waals surface area contributed by atoms with Crippen LogP contribution in [0.2, 0.25) is 0 Å². The van der Waals surface area contributed by atoms with Crippen molar-refractivity contribution in [1.29, 1.82) is 0 Å². The number of ether oxygens (including phenoxy) is 9. The van der Waals surface area contributed by atoms with Gasteiger partial charge in [-0.15, -0.1) is 0 Å². The van der Waals surface area contributed by atoms with Crippen molar-refractivity contribution >= 4 is 19.8 Å². The summed E-state index contributed by atoms with van der Waals surface area (Å²) in [6, 6.07) is 5.76. The summed E-state index contributed by atoms with van der Waals surface area (Å²) in [4.78, 5) is 42.5. The molecule has 3 fully saturated rings. The Labute approximate surface area is 309 Å². The van der Waals surface area contributed by atoms with E-state index in [1.54, 1.807) is 32.9 Å². The van der Waals surface area contributed by atoms with Gasteiger partial charge in [0.15, 0.2) is 35.6 Å². The quantitative estimate of drug-likeness (QED) is 0.154. The first-order valence-corrected chi connectivity index (χ1v) is 18.6. The molecule has 5 aliphatic rings. The summed E-state index contributed by atoms with van der Waals surface area (Å²) >= 11 is 0. The molecule has 1 aliphatic carbocycles. The predicted molar refractivity (Wildman–Crippen MR) is 180 cm³/mol. The summed E-state index contributed by atoms with van der Waals surface area (Å²) in [6.45, 7) is 5.27. The minimum absolute atomic E-state index is 0.0208. The van der Waals surface area contributed by atoms with Gasteiger partial charge in [-0.25, -0.2) is 4.57 Å². The SMILES string of the molecule is CC(C)[C@H](N)C(=O)O.COc1cc([C@@H]2c3cc4c(cc3C(O[C@@H]3O[C@@H]5CO[C@@H](C)O[C@H]5[C@H](O)[C@H]3O)C3COC(=O)[C@@H]32)OCO4)cc(OC)c1OP(=O)(O)O. The number of carbonyl (C=O) groups is 2. The fourth-order valence-electron chi connectivity index (χ4n) is 7.22. The van der Waals surface area contributed by atoms with Gasteiger partial charge in [0.2, 0.25) is 12.5 Å². The Morgan fingerprint density at radius 2 is 1.57 bits per heavy atom. The minimum Gasteiger partial charge on any atom is -0.493 e. The molecule has 54 heavy (non-hydrogen) atoms. The monoisotopic (exact) mass is 785 g/mol. The van der Waals surface area contributed by atoms with E-state index >= 15 is 0 Å². The smallest absolute Gasteiger partial charge is 0.493 e. The van der Waals surface area contributed by atoms with Crippen LogP contribution in [-0.2, 0) is 37.8 Å². The first-order valence-electron chi connectivity index (χ1n) is 17.1. The molecule has 7 N–H and O–H groups in total. The molecular weight excluding hydrogens is 741 g/mol. The third-order valence-corrected chi connectivity index (χ3v) is 10.4. The summed E-state index contributed by atoms with van der Waals surface area (Å²) in [5.41, 5.74) is 6.81. The number of carboxylic acids is 1. The third kappa shape index (κ3) is 7.84. The van der Waals surface area contributed by atoms with Crippen LogP contribution >= 0.6 is 7.82 Å². The number of benzene rings is 2. The molecule has 19 nitrogen and oxygen atoms in total. The maximum absolute atomic E-state index is 13.5. The number of rotatable bonds is 9. The molecular formula is C34H44NO18P. The normalized spacial score (nSPS) is 31.6. The zero-order chi connectivity index (χ0) is 39.2. The van der Waals surface area contributed by atoms with Crippen molar-refractivity contribution in [3.8, 4) is 28.7 Å². The van der Waals surface area contributed by atoms with E-state index in [9.17, 15) is 34.2 Å². The number of aliphatic hydroxyl groups is 2. The van der Waals surface area contributed by atoms with E-state index in [2.05, 4.69) is 0 Å². The molecule has 0 radical (unpaired) electrons.